The van der Waals surface area contributed by atoms with Crippen molar-refractivity contribution in [2.75, 3.05) is 5.73 Å². The molecular formula is C17H16N4O3. The minimum atomic E-state index is -0.975. The zero-order valence-corrected chi connectivity index (χ0v) is 13.2. The minimum absolute atomic E-state index is 0.0366. The van der Waals surface area contributed by atoms with Gasteiger partial charge in [-0.15, -0.1) is 0 Å². The van der Waals surface area contributed by atoms with Crippen molar-refractivity contribution < 1.29 is 14.3 Å². The van der Waals surface area contributed by atoms with Crippen molar-refractivity contribution in [1.82, 2.24) is 15.0 Å². The fourth-order valence-corrected chi connectivity index (χ4v) is 2.57. The second-order valence-electron chi connectivity index (χ2n) is 5.37. The number of nitrogens with zero attached hydrogens (tertiary/aromatic N) is 2. The van der Waals surface area contributed by atoms with Gasteiger partial charge in [-0.3, -0.25) is 4.79 Å². The molecule has 7 nitrogen and oxygen atoms in total. The molecule has 0 radical (unpaired) electrons. The highest BCUT2D eigenvalue weighted by molar-refractivity contribution is 6.11. The van der Waals surface area contributed by atoms with E-state index >= 15 is 0 Å². The van der Waals surface area contributed by atoms with Gasteiger partial charge in [0.25, 0.3) is 0 Å². The number of Topliss-reactive ketones (excluding diaryl/α,β-unsaturated/α-hetero) is 1. The van der Waals surface area contributed by atoms with Crippen LogP contribution in [0.4, 0.5) is 5.82 Å². The molecule has 0 unspecified atom stereocenters. The largest absolute Gasteiger partial charge is 0.449 e. The van der Waals surface area contributed by atoms with Gasteiger partial charge in [0.15, 0.2) is 17.6 Å². The Hall–Kier alpha value is -3.22. The predicted molar refractivity (Wildman–Crippen MR) is 88.7 cm³/mol. The van der Waals surface area contributed by atoms with Crippen LogP contribution < -0.4 is 5.73 Å². The third-order valence-corrected chi connectivity index (χ3v) is 3.71. The molecule has 0 aliphatic carbocycles. The first kappa shape index (κ1) is 15.7. The van der Waals surface area contributed by atoms with Gasteiger partial charge in [0.2, 0.25) is 5.78 Å². The van der Waals surface area contributed by atoms with Crippen LogP contribution in [0.3, 0.4) is 0 Å². The molecule has 7 heteroatoms. The molecule has 0 fully saturated rings. The van der Waals surface area contributed by atoms with Crippen molar-refractivity contribution in [3.05, 3.63) is 53.6 Å². The number of hydrogen-bond donors (Lipinski definition) is 2. The maximum Gasteiger partial charge on any atom is 0.361 e. The molecule has 122 valence electrons. The Morgan fingerprint density at radius 1 is 1.21 bits per heavy atom. The molecule has 0 saturated carbocycles. The summed E-state index contributed by atoms with van der Waals surface area (Å²) >= 11 is 0. The summed E-state index contributed by atoms with van der Waals surface area (Å²) in [5.74, 6) is -1.11. The van der Waals surface area contributed by atoms with Gasteiger partial charge in [0.1, 0.15) is 0 Å². The van der Waals surface area contributed by atoms with Crippen LogP contribution in [0.2, 0.25) is 0 Å². The number of hydrogen-bond acceptors (Lipinski definition) is 6. The fourth-order valence-electron chi connectivity index (χ4n) is 2.57. The monoisotopic (exact) mass is 324 g/mol. The molecule has 0 saturated heterocycles. The number of aromatic nitrogens is 3. The van der Waals surface area contributed by atoms with Crippen molar-refractivity contribution in [2.45, 2.75) is 20.0 Å². The number of H-pyrrole nitrogens is 1. The third-order valence-electron chi connectivity index (χ3n) is 3.71. The molecule has 3 aromatic rings. The van der Waals surface area contributed by atoms with Crippen LogP contribution in [0.5, 0.6) is 0 Å². The molecule has 2 heterocycles. The van der Waals surface area contributed by atoms with E-state index in [1.54, 1.807) is 0 Å². The summed E-state index contributed by atoms with van der Waals surface area (Å²) in [7, 11) is 0. The van der Waals surface area contributed by atoms with E-state index in [1.807, 2.05) is 31.2 Å². The molecule has 0 aliphatic rings. The number of benzene rings is 1. The lowest BCUT2D eigenvalue weighted by molar-refractivity contribution is 0.0314. The number of aryl methyl sites for hydroxylation is 1. The summed E-state index contributed by atoms with van der Waals surface area (Å²) in [6.45, 7) is 3.33. The van der Waals surface area contributed by atoms with Gasteiger partial charge in [0.05, 0.1) is 0 Å². The van der Waals surface area contributed by atoms with Gasteiger partial charge in [0, 0.05) is 34.6 Å². The number of ether oxygens (including phenoxy) is 1. The van der Waals surface area contributed by atoms with E-state index in [9.17, 15) is 9.59 Å². The lowest BCUT2D eigenvalue weighted by Gasteiger charge is -2.12. The number of ketones is 1. The lowest BCUT2D eigenvalue weighted by Crippen LogP contribution is -2.26. The number of carbonyl (C=O) groups excluding carboxylic acids is 2. The highest BCUT2D eigenvalue weighted by Crippen LogP contribution is 2.24. The number of nitrogens with two attached hydrogens (primary N) is 1. The van der Waals surface area contributed by atoms with E-state index < -0.39 is 12.1 Å². The SMILES string of the molecule is Cc1[nH]c2ccccc2c1C(=O)[C@H](C)OC(=O)c1nccnc1N. The summed E-state index contributed by atoms with van der Waals surface area (Å²) in [4.78, 5) is 35.6. The molecule has 3 rings (SSSR count). The van der Waals surface area contributed by atoms with E-state index in [0.29, 0.717) is 5.56 Å². The van der Waals surface area contributed by atoms with Gasteiger partial charge < -0.3 is 15.5 Å². The number of anilines is 1. The van der Waals surface area contributed by atoms with Crippen molar-refractivity contribution >= 4 is 28.5 Å². The predicted octanol–water partition coefficient (Wildman–Crippen LogP) is 2.28. The summed E-state index contributed by atoms with van der Waals surface area (Å²) in [6.07, 6.45) is 1.73. The Labute approximate surface area is 137 Å². The first-order chi connectivity index (χ1) is 11.5. The first-order valence-electron chi connectivity index (χ1n) is 7.38. The Kier molecular flexibility index (Phi) is 3.99. The number of fused-ring (bicyclic) bond motifs is 1. The number of para-hydroxylation sites is 1. The number of nitrogens with one attached hydrogen (secondary N) is 1. The summed E-state index contributed by atoms with van der Waals surface area (Å²) in [5.41, 5.74) is 7.59. The lowest BCUT2D eigenvalue weighted by atomic mass is 10.0. The molecule has 2 aromatic heterocycles. The maximum atomic E-state index is 12.7. The van der Waals surface area contributed by atoms with Crippen LogP contribution >= 0.6 is 0 Å². The molecule has 0 spiro atoms. The molecule has 0 aliphatic heterocycles. The van der Waals surface area contributed by atoms with E-state index in [0.717, 1.165) is 16.6 Å². The summed E-state index contributed by atoms with van der Waals surface area (Å²) in [5, 5.41) is 0.793. The van der Waals surface area contributed by atoms with Crippen LogP contribution in [-0.4, -0.2) is 32.8 Å². The van der Waals surface area contributed by atoms with Crippen LogP contribution in [0.15, 0.2) is 36.7 Å². The first-order valence-corrected chi connectivity index (χ1v) is 7.38. The number of carbonyl (C=O) groups is 2. The van der Waals surface area contributed by atoms with E-state index in [1.165, 1.54) is 19.3 Å². The fraction of sp³-hybridized carbons (Fsp3) is 0.176. The smallest absolute Gasteiger partial charge is 0.361 e. The van der Waals surface area contributed by atoms with Crippen LogP contribution in [0.1, 0.15) is 33.5 Å². The maximum absolute atomic E-state index is 12.7. The number of aromatic amines is 1. The zero-order chi connectivity index (χ0) is 17.3. The molecule has 1 atom stereocenters. The molecule has 0 bridgehead atoms. The van der Waals surface area contributed by atoms with Crippen molar-refractivity contribution in [3.63, 3.8) is 0 Å². The second kappa shape index (κ2) is 6.11. The van der Waals surface area contributed by atoms with E-state index in [4.69, 9.17) is 10.5 Å². The van der Waals surface area contributed by atoms with E-state index in [2.05, 4.69) is 15.0 Å². The van der Waals surface area contributed by atoms with Crippen LogP contribution in [0, 0.1) is 6.92 Å². The minimum Gasteiger partial charge on any atom is -0.449 e. The standard InChI is InChI=1S/C17H16N4O3/c1-9-13(11-5-3-4-6-12(11)21-9)15(22)10(2)24-17(23)14-16(18)20-8-7-19-14/h3-8,10,21H,1-2H3,(H2,18,20)/t10-/m0/s1. The molecular weight excluding hydrogens is 308 g/mol. The second-order valence-corrected chi connectivity index (χ2v) is 5.37. The number of esters is 1. The van der Waals surface area contributed by atoms with Gasteiger partial charge >= 0.3 is 5.97 Å². The zero-order valence-electron chi connectivity index (χ0n) is 13.2. The van der Waals surface area contributed by atoms with Gasteiger partial charge in [-0.2, -0.15) is 0 Å². The number of nitrogen functional groups attached to an aromatic ring is 1. The van der Waals surface area contributed by atoms with E-state index in [-0.39, 0.29) is 17.3 Å². The average Bonchev–Trinajstić information content (AvgIpc) is 2.90. The van der Waals surface area contributed by atoms with Crippen molar-refractivity contribution in [3.8, 4) is 0 Å². The third kappa shape index (κ3) is 2.71. The topological polar surface area (TPSA) is 111 Å². The van der Waals surface area contributed by atoms with Crippen LogP contribution in [0.25, 0.3) is 10.9 Å². The Balaban J connectivity index is 1.86. The molecule has 3 N–H and O–H groups in total. The summed E-state index contributed by atoms with van der Waals surface area (Å²) in [6, 6.07) is 7.47. The Bertz CT molecular complexity index is 932. The summed E-state index contributed by atoms with van der Waals surface area (Å²) < 4.78 is 5.22. The van der Waals surface area contributed by atoms with Crippen molar-refractivity contribution in [1.29, 1.82) is 0 Å². The average molecular weight is 324 g/mol. The van der Waals surface area contributed by atoms with Crippen molar-refractivity contribution in [2.24, 2.45) is 0 Å². The van der Waals surface area contributed by atoms with Gasteiger partial charge in [-0.25, -0.2) is 14.8 Å². The van der Waals surface area contributed by atoms with Gasteiger partial charge in [-0.1, -0.05) is 18.2 Å². The van der Waals surface area contributed by atoms with Gasteiger partial charge in [-0.05, 0) is 19.9 Å². The Morgan fingerprint density at radius 2 is 1.92 bits per heavy atom. The molecule has 24 heavy (non-hydrogen) atoms. The Morgan fingerprint density at radius 3 is 2.67 bits per heavy atom. The molecule has 0 amide bonds. The molecule has 1 aromatic carbocycles. The van der Waals surface area contributed by atoms with Crippen LogP contribution in [-0.2, 0) is 4.74 Å². The highest BCUT2D eigenvalue weighted by atomic mass is 16.5. The number of rotatable bonds is 4. The quantitative estimate of drug-likeness (QED) is 0.562. The normalized spacial score (nSPS) is 12.1. The highest BCUT2D eigenvalue weighted by Gasteiger charge is 2.26.